The third kappa shape index (κ3) is 5.42. The van der Waals surface area contributed by atoms with Crippen LogP contribution in [-0.2, 0) is 14.2 Å². The molecular formula is C7H12O3. The third-order valence-electron chi connectivity index (χ3n) is 0.953. The van der Waals surface area contributed by atoms with E-state index in [0.29, 0.717) is 13.2 Å². The second-order valence-corrected chi connectivity index (χ2v) is 1.64. The minimum absolute atomic E-state index is 0.193. The summed E-state index contributed by atoms with van der Waals surface area (Å²) in [6.07, 6.45) is 6.66. The van der Waals surface area contributed by atoms with Crippen molar-refractivity contribution in [3.05, 3.63) is 0 Å². The Labute approximate surface area is 61.3 Å². The molecule has 0 aliphatic carbocycles. The lowest BCUT2D eigenvalue weighted by molar-refractivity contribution is -0.117. The predicted molar refractivity (Wildman–Crippen MR) is 37.2 cm³/mol. The Bertz CT molecular complexity index is 106. The molecule has 0 bridgehead atoms. The third-order valence-corrected chi connectivity index (χ3v) is 0.953. The lowest BCUT2D eigenvalue weighted by Crippen LogP contribution is -2.13. The number of methoxy groups -OCH3 is 1. The van der Waals surface area contributed by atoms with Crippen LogP contribution in [-0.4, -0.2) is 26.6 Å². The van der Waals surface area contributed by atoms with Crippen molar-refractivity contribution in [2.45, 2.75) is 13.2 Å². The molecule has 0 N–H and O–H groups in total. The molecule has 0 aliphatic heterocycles. The molecule has 0 aromatic carbocycles. The summed E-state index contributed by atoms with van der Waals surface area (Å²) in [6.45, 7) is 2.67. The first kappa shape index (κ1) is 9.28. The Kier molecular flexibility index (Phi) is 5.94. The Morgan fingerprint density at radius 3 is 2.70 bits per heavy atom. The van der Waals surface area contributed by atoms with Crippen molar-refractivity contribution >= 4 is 0 Å². The molecule has 1 unspecified atom stereocenters. The summed E-state index contributed by atoms with van der Waals surface area (Å²) in [4.78, 5) is 0. The van der Waals surface area contributed by atoms with E-state index in [4.69, 9.17) is 15.9 Å². The summed E-state index contributed by atoms with van der Waals surface area (Å²) >= 11 is 0. The van der Waals surface area contributed by atoms with Crippen LogP contribution in [0.4, 0.5) is 0 Å². The normalized spacial score (nSPS) is 12.1. The summed E-state index contributed by atoms with van der Waals surface area (Å²) in [7, 11) is 1.58. The monoisotopic (exact) mass is 144 g/mol. The molecule has 1 atom stereocenters. The van der Waals surface area contributed by atoms with Crippen molar-refractivity contribution < 1.29 is 14.2 Å². The van der Waals surface area contributed by atoms with Gasteiger partial charge in [0.15, 0.2) is 6.29 Å². The molecule has 0 aromatic heterocycles. The van der Waals surface area contributed by atoms with Gasteiger partial charge in [-0.15, -0.1) is 0 Å². The molecule has 0 fully saturated rings. The number of hydrogen-bond donors (Lipinski definition) is 0. The number of terminal acetylenes is 1. The molecule has 0 saturated carbocycles. The minimum Gasteiger partial charge on any atom is -0.444 e. The molecule has 0 rings (SSSR count). The highest BCUT2D eigenvalue weighted by atomic mass is 16.7. The van der Waals surface area contributed by atoms with Gasteiger partial charge in [0.2, 0.25) is 0 Å². The highest BCUT2D eigenvalue weighted by molar-refractivity contribution is 4.67. The van der Waals surface area contributed by atoms with Crippen LogP contribution in [0.3, 0.4) is 0 Å². The molecule has 10 heavy (non-hydrogen) atoms. The fourth-order valence-electron chi connectivity index (χ4n) is 0.383. The van der Waals surface area contributed by atoms with Crippen molar-refractivity contribution in [2.75, 3.05) is 20.3 Å². The first-order valence-corrected chi connectivity index (χ1v) is 3.03. The quantitative estimate of drug-likeness (QED) is 0.321. The van der Waals surface area contributed by atoms with Gasteiger partial charge in [-0.05, 0) is 6.92 Å². The number of ether oxygens (including phenoxy) is 3. The van der Waals surface area contributed by atoms with Crippen molar-refractivity contribution in [1.29, 1.82) is 0 Å². The molecule has 0 aliphatic rings. The zero-order chi connectivity index (χ0) is 7.82. The molecule has 0 amide bonds. The number of rotatable bonds is 5. The average molecular weight is 144 g/mol. The SMILES string of the molecule is C#COCCOC(C)OC. The van der Waals surface area contributed by atoms with E-state index in [9.17, 15) is 0 Å². The zero-order valence-corrected chi connectivity index (χ0v) is 6.29. The summed E-state index contributed by atoms with van der Waals surface area (Å²) < 4.78 is 14.4. The van der Waals surface area contributed by atoms with Crippen molar-refractivity contribution in [1.82, 2.24) is 0 Å². The molecule has 58 valence electrons. The van der Waals surface area contributed by atoms with Gasteiger partial charge in [0.05, 0.1) is 6.61 Å². The zero-order valence-electron chi connectivity index (χ0n) is 6.29. The second-order valence-electron chi connectivity index (χ2n) is 1.64. The van der Waals surface area contributed by atoms with Gasteiger partial charge >= 0.3 is 0 Å². The van der Waals surface area contributed by atoms with Crippen LogP contribution < -0.4 is 0 Å². The molecule has 0 spiro atoms. The standard InChI is InChI=1S/C7H12O3/c1-4-9-5-6-10-7(2)8-3/h1,7H,5-6H2,2-3H3. The molecule has 0 aromatic rings. The maximum Gasteiger partial charge on any atom is 0.154 e. The van der Waals surface area contributed by atoms with E-state index < -0.39 is 0 Å². The van der Waals surface area contributed by atoms with Crippen LogP contribution >= 0.6 is 0 Å². The van der Waals surface area contributed by atoms with Crippen LogP contribution in [0.15, 0.2) is 0 Å². The van der Waals surface area contributed by atoms with E-state index in [0.717, 1.165) is 0 Å². The highest BCUT2D eigenvalue weighted by Gasteiger charge is 1.96. The Morgan fingerprint density at radius 1 is 1.50 bits per heavy atom. The van der Waals surface area contributed by atoms with Crippen molar-refractivity contribution in [3.63, 3.8) is 0 Å². The van der Waals surface area contributed by atoms with Gasteiger partial charge in [0, 0.05) is 7.11 Å². The first-order chi connectivity index (χ1) is 4.81. The highest BCUT2D eigenvalue weighted by Crippen LogP contribution is 1.89. The molecule has 0 heterocycles. The summed E-state index contributed by atoms with van der Waals surface area (Å²) in [5, 5.41) is 0. The maximum atomic E-state index is 5.05. The fraction of sp³-hybridized carbons (Fsp3) is 0.714. The Hall–Kier alpha value is -0.720. The van der Waals surface area contributed by atoms with Gasteiger partial charge in [-0.2, -0.15) is 0 Å². The van der Waals surface area contributed by atoms with Crippen LogP contribution in [0.5, 0.6) is 0 Å². The number of hydrogen-bond acceptors (Lipinski definition) is 3. The van der Waals surface area contributed by atoms with E-state index in [1.807, 2.05) is 6.11 Å². The molecule has 3 nitrogen and oxygen atoms in total. The molecule has 0 saturated heterocycles. The summed E-state index contributed by atoms with van der Waals surface area (Å²) in [6, 6.07) is 0. The fourth-order valence-corrected chi connectivity index (χ4v) is 0.383. The topological polar surface area (TPSA) is 27.7 Å². The van der Waals surface area contributed by atoms with E-state index in [2.05, 4.69) is 4.74 Å². The lowest BCUT2D eigenvalue weighted by Gasteiger charge is -2.09. The minimum atomic E-state index is -0.193. The van der Waals surface area contributed by atoms with Gasteiger partial charge in [0.1, 0.15) is 12.7 Å². The summed E-state index contributed by atoms with van der Waals surface area (Å²) in [5.74, 6) is 0. The van der Waals surface area contributed by atoms with Gasteiger partial charge in [-0.25, -0.2) is 0 Å². The first-order valence-electron chi connectivity index (χ1n) is 3.03. The van der Waals surface area contributed by atoms with Crippen LogP contribution in [0.1, 0.15) is 6.92 Å². The van der Waals surface area contributed by atoms with Crippen molar-refractivity contribution in [2.24, 2.45) is 0 Å². The Morgan fingerprint density at radius 2 is 2.20 bits per heavy atom. The second kappa shape index (κ2) is 6.40. The van der Waals surface area contributed by atoms with E-state index in [-0.39, 0.29) is 6.29 Å². The van der Waals surface area contributed by atoms with E-state index >= 15 is 0 Å². The predicted octanol–water partition coefficient (Wildman–Crippen LogP) is 0.603. The molecule has 0 radical (unpaired) electrons. The van der Waals surface area contributed by atoms with Gasteiger partial charge < -0.3 is 14.2 Å². The molecular weight excluding hydrogens is 132 g/mol. The van der Waals surface area contributed by atoms with E-state index in [1.165, 1.54) is 0 Å². The molecule has 3 heteroatoms. The van der Waals surface area contributed by atoms with Crippen LogP contribution in [0, 0.1) is 12.5 Å². The Balaban J connectivity index is 2.98. The lowest BCUT2D eigenvalue weighted by atomic mass is 10.7. The average Bonchev–Trinajstić information content (AvgIpc) is 1.98. The van der Waals surface area contributed by atoms with Gasteiger partial charge in [-0.3, -0.25) is 0 Å². The maximum absolute atomic E-state index is 5.05. The largest absolute Gasteiger partial charge is 0.444 e. The van der Waals surface area contributed by atoms with Crippen LogP contribution in [0.2, 0.25) is 0 Å². The van der Waals surface area contributed by atoms with E-state index in [1.54, 1.807) is 14.0 Å². The van der Waals surface area contributed by atoms with Crippen LogP contribution in [0.25, 0.3) is 0 Å². The summed E-state index contributed by atoms with van der Waals surface area (Å²) in [5.41, 5.74) is 0. The van der Waals surface area contributed by atoms with Gasteiger partial charge in [-0.1, -0.05) is 6.42 Å². The van der Waals surface area contributed by atoms with Crippen molar-refractivity contribution in [3.8, 4) is 12.5 Å². The van der Waals surface area contributed by atoms with Gasteiger partial charge in [0.25, 0.3) is 0 Å². The smallest absolute Gasteiger partial charge is 0.154 e.